The molecule has 14 heavy (non-hydrogen) atoms. The summed E-state index contributed by atoms with van der Waals surface area (Å²) >= 11 is 2.94. The lowest BCUT2D eigenvalue weighted by Crippen LogP contribution is -2.34. The molecule has 0 bridgehead atoms. The Hall–Kier alpha value is -0.580. The maximum Gasteiger partial charge on any atom is 0.335 e. The van der Waals surface area contributed by atoms with Gasteiger partial charge in [-0.2, -0.15) is 17.6 Å². The first-order valence-corrected chi connectivity index (χ1v) is 4.56. The fourth-order valence-electron chi connectivity index (χ4n) is 0.937. The van der Waals surface area contributed by atoms with Crippen molar-refractivity contribution in [2.75, 3.05) is 0 Å². The Morgan fingerprint density at radius 3 is 2.14 bits per heavy atom. The molecule has 1 rings (SSSR count). The van der Waals surface area contributed by atoms with Gasteiger partial charge in [-0.05, 0) is 12.1 Å². The zero-order chi connectivity index (χ0) is 11.0. The van der Waals surface area contributed by atoms with E-state index in [4.69, 9.17) is 0 Å². The predicted octanol–water partition coefficient (Wildman–Crippen LogP) is 4.20. The molecule has 0 N–H and O–H groups in total. The van der Waals surface area contributed by atoms with Crippen LogP contribution in [0.4, 0.5) is 17.6 Å². The maximum atomic E-state index is 13.1. The highest BCUT2D eigenvalue weighted by molar-refractivity contribution is 9.10. The number of halogens is 5. The summed E-state index contributed by atoms with van der Waals surface area (Å²) in [6.07, 6.45) is 0. The van der Waals surface area contributed by atoms with Gasteiger partial charge in [0.1, 0.15) is 0 Å². The van der Waals surface area contributed by atoms with Gasteiger partial charge < -0.3 is 0 Å². The molecule has 78 valence electrons. The summed E-state index contributed by atoms with van der Waals surface area (Å²) in [5, 5.41) is 0. The van der Waals surface area contributed by atoms with Crippen molar-refractivity contribution in [3.8, 4) is 0 Å². The Morgan fingerprint density at radius 2 is 1.71 bits per heavy atom. The highest BCUT2D eigenvalue weighted by Gasteiger charge is 2.53. The molecule has 0 atom stereocenters. The van der Waals surface area contributed by atoms with Crippen molar-refractivity contribution in [1.29, 1.82) is 0 Å². The van der Waals surface area contributed by atoms with E-state index in [0.717, 1.165) is 12.1 Å². The minimum atomic E-state index is -4.14. The zero-order valence-corrected chi connectivity index (χ0v) is 8.79. The van der Waals surface area contributed by atoms with Gasteiger partial charge in [0.15, 0.2) is 0 Å². The molecule has 0 amide bonds. The first-order chi connectivity index (χ1) is 6.25. The van der Waals surface area contributed by atoms with Crippen LogP contribution in [0.5, 0.6) is 0 Å². The summed E-state index contributed by atoms with van der Waals surface area (Å²) in [4.78, 5) is 0. The normalized spacial score (nSPS) is 13.0. The standard InChI is InChI=1S/C9H7BrF4/c1-8(11,12)9(13,14)6-3-2-4-7(10)5-6/h2-5H,1H3. The molecule has 0 radical (unpaired) electrons. The average Bonchev–Trinajstić information content (AvgIpc) is 2.02. The van der Waals surface area contributed by atoms with E-state index in [1.807, 2.05) is 0 Å². The Kier molecular flexibility index (Phi) is 2.90. The Balaban J connectivity index is 3.16. The number of rotatable bonds is 2. The summed E-state index contributed by atoms with van der Waals surface area (Å²) in [7, 11) is 0. The molecule has 0 aliphatic carbocycles. The van der Waals surface area contributed by atoms with Crippen LogP contribution in [0.15, 0.2) is 28.7 Å². The zero-order valence-electron chi connectivity index (χ0n) is 7.20. The molecule has 0 aliphatic rings. The van der Waals surface area contributed by atoms with Gasteiger partial charge in [-0.1, -0.05) is 28.1 Å². The maximum absolute atomic E-state index is 13.1. The molecule has 1 aromatic carbocycles. The van der Waals surface area contributed by atoms with Crippen molar-refractivity contribution >= 4 is 15.9 Å². The van der Waals surface area contributed by atoms with Crippen molar-refractivity contribution in [1.82, 2.24) is 0 Å². The van der Waals surface area contributed by atoms with Gasteiger partial charge in [-0.25, -0.2) is 0 Å². The molecule has 1 aromatic rings. The molecular weight excluding hydrogens is 264 g/mol. The summed E-state index contributed by atoms with van der Waals surface area (Å²) in [6.45, 7) is 0.202. The summed E-state index contributed by atoms with van der Waals surface area (Å²) in [5.74, 6) is -8.20. The van der Waals surface area contributed by atoms with Crippen LogP contribution in [-0.4, -0.2) is 5.92 Å². The minimum Gasteiger partial charge on any atom is -0.200 e. The van der Waals surface area contributed by atoms with Gasteiger partial charge in [0.05, 0.1) is 0 Å². The van der Waals surface area contributed by atoms with Gasteiger partial charge in [-0.15, -0.1) is 0 Å². The smallest absolute Gasteiger partial charge is 0.200 e. The molecule has 0 spiro atoms. The van der Waals surface area contributed by atoms with Gasteiger partial charge in [0, 0.05) is 17.0 Å². The third-order valence-electron chi connectivity index (χ3n) is 1.74. The van der Waals surface area contributed by atoms with Gasteiger partial charge in [-0.3, -0.25) is 0 Å². The lowest BCUT2D eigenvalue weighted by molar-refractivity contribution is -0.204. The van der Waals surface area contributed by atoms with Crippen molar-refractivity contribution < 1.29 is 17.6 Å². The lowest BCUT2D eigenvalue weighted by Gasteiger charge is -2.23. The van der Waals surface area contributed by atoms with Crippen LogP contribution in [0.25, 0.3) is 0 Å². The minimum absolute atomic E-state index is 0.202. The molecule has 0 saturated carbocycles. The van der Waals surface area contributed by atoms with E-state index in [-0.39, 0.29) is 6.92 Å². The van der Waals surface area contributed by atoms with Crippen LogP contribution >= 0.6 is 15.9 Å². The first-order valence-electron chi connectivity index (χ1n) is 3.77. The molecule has 0 heterocycles. The van der Waals surface area contributed by atoms with E-state index in [0.29, 0.717) is 4.47 Å². The number of alkyl halides is 4. The van der Waals surface area contributed by atoms with Crippen molar-refractivity contribution in [2.45, 2.75) is 18.8 Å². The monoisotopic (exact) mass is 270 g/mol. The molecule has 0 aromatic heterocycles. The van der Waals surface area contributed by atoms with Crippen LogP contribution in [-0.2, 0) is 5.92 Å². The summed E-state index contributed by atoms with van der Waals surface area (Å²) in [5.41, 5.74) is -0.695. The molecule has 0 unspecified atom stereocenters. The van der Waals surface area contributed by atoms with Crippen LogP contribution in [0, 0.1) is 0 Å². The fraction of sp³-hybridized carbons (Fsp3) is 0.333. The lowest BCUT2D eigenvalue weighted by atomic mass is 10.0. The third kappa shape index (κ3) is 2.08. The van der Waals surface area contributed by atoms with E-state index < -0.39 is 17.4 Å². The van der Waals surface area contributed by atoms with E-state index in [1.165, 1.54) is 12.1 Å². The van der Waals surface area contributed by atoms with Crippen LogP contribution in [0.3, 0.4) is 0 Å². The third-order valence-corrected chi connectivity index (χ3v) is 2.23. The number of benzene rings is 1. The fourth-order valence-corrected chi connectivity index (χ4v) is 1.34. The first kappa shape index (κ1) is 11.5. The summed E-state index contributed by atoms with van der Waals surface area (Å²) < 4.78 is 51.6. The van der Waals surface area contributed by atoms with E-state index in [2.05, 4.69) is 15.9 Å². The predicted molar refractivity (Wildman–Crippen MR) is 48.7 cm³/mol. The Morgan fingerprint density at radius 1 is 1.14 bits per heavy atom. The van der Waals surface area contributed by atoms with Gasteiger partial charge >= 0.3 is 11.8 Å². The largest absolute Gasteiger partial charge is 0.335 e. The molecule has 0 nitrogen and oxygen atoms in total. The second-order valence-corrected chi connectivity index (χ2v) is 3.89. The second-order valence-electron chi connectivity index (χ2n) is 2.97. The Labute approximate surface area is 87.1 Å². The molecular formula is C9H7BrF4. The molecule has 5 heteroatoms. The molecule has 0 fully saturated rings. The molecule has 0 saturated heterocycles. The van der Waals surface area contributed by atoms with E-state index >= 15 is 0 Å². The van der Waals surface area contributed by atoms with Crippen LogP contribution < -0.4 is 0 Å². The van der Waals surface area contributed by atoms with Crippen LogP contribution in [0.2, 0.25) is 0 Å². The second kappa shape index (κ2) is 3.53. The van der Waals surface area contributed by atoms with Crippen molar-refractivity contribution in [3.63, 3.8) is 0 Å². The quantitative estimate of drug-likeness (QED) is 0.707. The average molecular weight is 271 g/mol. The van der Waals surface area contributed by atoms with E-state index in [1.54, 1.807) is 0 Å². The SMILES string of the molecule is CC(F)(F)C(F)(F)c1cccc(Br)c1. The highest BCUT2D eigenvalue weighted by Crippen LogP contribution is 2.42. The highest BCUT2D eigenvalue weighted by atomic mass is 79.9. The van der Waals surface area contributed by atoms with E-state index in [9.17, 15) is 17.6 Å². The van der Waals surface area contributed by atoms with Gasteiger partial charge in [0.25, 0.3) is 0 Å². The van der Waals surface area contributed by atoms with Crippen LogP contribution in [0.1, 0.15) is 12.5 Å². The summed E-state index contributed by atoms with van der Waals surface area (Å²) in [6, 6.07) is 4.74. The number of hydrogen-bond acceptors (Lipinski definition) is 0. The number of hydrogen-bond donors (Lipinski definition) is 0. The molecule has 0 aliphatic heterocycles. The van der Waals surface area contributed by atoms with Gasteiger partial charge in [0.2, 0.25) is 0 Å². The van der Waals surface area contributed by atoms with Crippen molar-refractivity contribution in [3.05, 3.63) is 34.3 Å². The topological polar surface area (TPSA) is 0 Å². The van der Waals surface area contributed by atoms with Crippen molar-refractivity contribution in [2.24, 2.45) is 0 Å². The Bertz CT molecular complexity index is 330.